The number of nitrogens with zero attached hydrogens (tertiary/aromatic N) is 2. The molecule has 0 saturated heterocycles. The maximum absolute atomic E-state index is 5.70. The third-order valence-electron chi connectivity index (χ3n) is 2.48. The lowest BCUT2D eigenvalue weighted by Crippen LogP contribution is -2.36. The van der Waals surface area contributed by atoms with E-state index in [0.29, 0.717) is 17.6 Å². The zero-order valence-electron chi connectivity index (χ0n) is 10.6. The van der Waals surface area contributed by atoms with Crippen LogP contribution in [0.1, 0.15) is 13.8 Å². The van der Waals surface area contributed by atoms with E-state index in [9.17, 15) is 0 Å². The summed E-state index contributed by atoms with van der Waals surface area (Å²) < 4.78 is 0. The van der Waals surface area contributed by atoms with E-state index in [1.807, 2.05) is 6.07 Å². The van der Waals surface area contributed by atoms with E-state index in [0.717, 1.165) is 12.2 Å². The van der Waals surface area contributed by atoms with Gasteiger partial charge in [-0.2, -0.15) is 0 Å². The quantitative estimate of drug-likeness (QED) is 0.795. The molecule has 0 radical (unpaired) electrons. The molecule has 4 heteroatoms. The number of nitrogen functional groups attached to an aromatic ring is 1. The maximum Gasteiger partial charge on any atom is 0.0550 e. The van der Waals surface area contributed by atoms with Crippen LogP contribution in [0.4, 0.5) is 11.4 Å². The molecule has 16 heavy (non-hydrogen) atoms. The van der Waals surface area contributed by atoms with Gasteiger partial charge in [-0.25, -0.2) is 0 Å². The minimum Gasteiger partial charge on any atom is -0.397 e. The molecule has 0 aromatic carbocycles. The molecule has 1 aromatic rings. The van der Waals surface area contributed by atoms with E-state index in [-0.39, 0.29) is 0 Å². The monoisotopic (exact) mass is 222 g/mol. The number of nitrogens with one attached hydrogen (secondary N) is 1. The predicted molar refractivity (Wildman–Crippen MR) is 69.5 cm³/mol. The highest BCUT2D eigenvalue weighted by Gasteiger charge is 2.14. The SMILES string of the molecule is CC(C)C(CN(C)C)Nc1cncc(N)c1. The lowest BCUT2D eigenvalue weighted by Gasteiger charge is -2.26. The van der Waals surface area contributed by atoms with E-state index in [1.54, 1.807) is 12.4 Å². The number of hydrogen-bond donors (Lipinski definition) is 2. The minimum atomic E-state index is 0.401. The number of hydrogen-bond acceptors (Lipinski definition) is 4. The summed E-state index contributed by atoms with van der Waals surface area (Å²) in [5, 5.41) is 3.47. The summed E-state index contributed by atoms with van der Waals surface area (Å²) >= 11 is 0. The van der Waals surface area contributed by atoms with Gasteiger partial charge in [0.25, 0.3) is 0 Å². The molecule has 1 heterocycles. The Bertz CT molecular complexity index is 323. The van der Waals surface area contributed by atoms with Crippen LogP contribution in [-0.4, -0.2) is 36.6 Å². The standard InChI is InChI=1S/C12H22N4/c1-9(2)12(8-16(3)4)15-11-5-10(13)6-14-7-11/h5-7,9,12,15H,8,13H2,1-4H3. The number of rotatable bonds is 5. The third-order valence-corrected chi connectivity index (χ3v) is 2.48. The van der Waals surface area contributed by atoms with Crippen molar-refractivity contribution in [2.24, 2.45) is 5.92 Å². The van der Waals surface area contributed by atoms with Crippen molar-refractivity contribution < 1.29 is 0 Å². The van der Waals surface area contributed by atoms with E-state index in [4.69, 9.17) is 5.73 Å². The van der Waals surface area contributed by atoms with Gasteiger partial charge >= 0.3 is 0 Å². The fourth-order valence-corrected chi connectivity index (χ4v) is 1.57. The largest absolute Gasteiger partial charge is 0.397 e. The fourth-order valence-electron chi connectivity index (χ4n) is 1.57. The van der Waals surface area contributed by atoms with E-state index < -0.39 is 0 Å². The smallest absolute Gasteiger partial charge is 0.0550 e. The Morgan fingerprint density at radius 3 is 2.56 bits per heavy atom. The molecule has 0 amide bonds. The van der Waals surface area contributed by atoms with Gasteiger partial charge in [0.2, 0.25) is 0 Å². The molecule has 0 aliphatic carbocycles. The summed E-state index contributed by atoms with van der Waals surface area (Å²) in [5.41, 5.74) is 7.38. The zero-order valence-corrected chi connectivity index (χ0v) is 10.6. The molecule has 4 nitrogen and oxygen atoms in total. The van der Waals surface area contributed by atoms with Gasteiger partial charge < -0.3 is 16.0 Å². The van der Waals surface area contributed by atoms with Gasteiger partial charge in [-0.3, -0.25) is 4.98 Å². The van der Waals surface area contributed by atoms with Crippen molar-refractivity contribution in [3.63, 3.8) is 0 Å². The van der Waals surface area contributed by atoms with Crippen molar-refractivity contribution in [1.29, 1.82) is 0 Å². The van der Waals surface area contributed by atoms with Crippen molar-refractivity contribution >= 4 is 11.4 Å². The van der Waals surface area contributed by atoms with Gasteiger partial charge in [0, 0.05) is 18.8 Å². The van der Waals surface area contributed by atoms with E-state index in [2.05, 4.69) is 43.1 Å². The van der Waals surface area contributed by atoms with Crippen LogP contribution >= 0.6 is 0 Å². The molecule has 3 N–H and O–H groups in total. The van der Waals surface area contributed by atoms with Gasteiger partial charge in [0.1, 0.15) is 0 Å². The van der Waals surface area contributed by atoms with Crippen molar-refractivity contribution in [2.75, 3.05) is 31.7 Å². The van der Waals surface area contributed by atoms with Crippen molar-refractivity contribution in [1.82, 2.24) is 9.88 Å². The topological polar surface area (TPSA) is 54.2 Å². The molecule has 1 rings (SSSR count). The van der Waals surface area contributed by atoms with Gasteiger partial charge in [-0.05, 0) is 26.1 Å². The van der Waals surface area contributed by atoms with Gasteiger partial charge in [0.15, 0.2) is 0 Å². The molecule has 0 spiro atoms. The van der Waals surface area contributed by atoms with Crippen molar-refractivity contribution in [3.05, 3.63) is 18.5 Å². The molecule has 90 valence electrons. The Kier molecular flexibility index (Phi) is 4.55. The highest BCUT2D eigenvalue weighted by Crippen LogP contribution is 2.14. The van der Waals surface area contributed by atoms with Gasteiger partial charge in [-0.15, -0.1) is 0 Å². The molecular weight excluding hydrogens is 200 g/mol. The number of aromatic nitrogens is 1. The lowest BCUT2D eigenvalue weighted by atomic mass is 10.0. The van der Waals surface area contributed by atoms with Crippen LogP contribution in [0.3, 0.4) is 0 Å². The van der Waals surface area contributed by atoms with Crippen LogP contribution in [0, 0.1) is 5.92 Å². The number of anilines is 2. The molecule has 0 aliphatic rings. The first-order chi connectivity index (χ1) is 7.49. The summed E-state index contributed by atoms with van der Waals surface area (Å²) in [7, 11) is 4.16. The van der Waals surface area contributed by atoms with E-state index in [1.165, 1.54) is 0 Å². The molecule has 1 atom stereocenters. The average Bonchev–Trinajstić information content (AvgIpc) is 2.15. The minimum absolute atomic E-state index is 0.401. The van der Waals surface area contributed by atoms with E-state index >= 15 is 0 Å². The third kappa shape index (κ3) is 4.06. The van der Waals surface area contributed by atoms with Crippen LogP contribution in [0.5, 0.6) is 0 Å². The zero-order chi connectivity index (χ0) is 12.1. The Labute approximate surface area is 97.9 Å². The molecule has 0 bridgehead atoms. The van der Waals surface area contributed by atoms with Crippen LogP contribution < -0.4 is 11.1 Å². The van der Waals surface area contributed by atoms with Crippen LogP contribution in [0.25, 0.3) is 0 Å². The molecule has 1 unspecified atom stereocenters. The highest BCUT2D eigenvalue weighted by atomic mass is 15.1. The summed E-state index contributed by atoms with van der Waals surface area (Å²) in [4.78, 5) is 6.25. The Morgan fingerprint density at radius 2 is 2.06 bits per heavy atom. The second-order valence-electron chi connectivity index (χ2n) is 4.76. The highest BCUT2D eigenvalue weighted by molar-refractivity contribution is 5.51. The number of nitrogens with two attached hydrogens (primary N) is 1. The number of likely N-dealkylation sites (N-methyl/N-ethyl adjacent to an activating group) is 1. The van der Waals surface area contributed by atoms with Crippen LogP contribution in [0.15, 0.2) is 18.5 Å². The first-order valence-corrected chi connectivity index (χ1v) is 5.61. The Balaban J connectivity index is 2.68. The normalized spacial score (nSPS) is 13.1. The number of pyridine rings is 1. The second kappa shape index (κ2) is 5.70. The van der Waals surface area contributed by atoms with Crippen molar-refractivity contribution in [3.8, 4) is 0 Å². The first-order valence-electron chi connectivity index (χ1n) is 5.61. The molecule has 0 saturated carbocycles. The van der Waals surface area contributed by atoms with Crippen molar-refractivity contribution in [2.45, 2.75) is 19.9 Å². The van der Waals surface area contributed by atoms with Crippen LogP contribution in [-0.2, 0) is 0 Å². The molecule has 1 aromatic heterocycles. The van der Waals surface area contributed by atoms with Gasteiger partial charge in [-0.1, -0.05) is 13.8 Å². The molecular formula is C12H22N4. The Morgan fingerprint density at radius 1 is 1.38 bits per heavy atom. The maximum atomic E-state index is 5.70. The fraction of sp³-hybridized carbons (Fsp3) is 0.583. The average molecular weight is 222 g/mol. The molecule has 0 fully saturated rings. The Hall–Kier alpha value is -1.29. The summed E-state index contributed by atoms with van der Waals surface area (Å²) in [6, 6.07) is 2.32. The summed E-state index contributed by atoms with van der Waals surface area (Å²) in [6.45, 7) is 5.41. The predicted octanol–water partition coefficient (Wildman–Crippen LogP) is 1.66. The summed E-state index contributed by atoms with van der Waals surface area (Å²) in [6.07, 6.45) is 3.46. The first kappa shape index (κ1) is 12.8. The summed E-state index contributed by atoms with van der Waals surface area (Å²) in [5.74, 6) is 0.559. The van der Waals surface area contributed by atoms with Crippen LogP contribution in [0.2, 0.25) is 0 Å². The lowest BCUT2D eigenvalue weighted by molar-refractivity contribution is 0.344. The second-order valence-corrected chi connectivity index (χ2v) is 4.76. The molecule has 0 aliphatic heterocycles. The van der Waals surface area contributed by atoms with Gasteiger partial charge in [0.05, 0.1) is 17.6 Å².